The van der Waals surface area contributed by atoms with Gasteiger partial charge in [0.05, 0.1) is 11.8 Å². The van der Waals surface area contributed by atoms with Crippen LogP contribution in [0.2, 0.25) is 0 Å². The summed E-state index contributed by atoms with van der Waals surface area (Å²) in [5, 5.41) is 10.8. The van der Waals surface area contributed by atoms with Gasteiger partial charge in [0.15, 0.2) is 0 Å². The summed E-state index contributed by atoms with van der Waals surface area (Å²) in [6, 6.07) is 23.2. The number of carbonyl (C=O) groups excluding carboxylic acids is 2. The summed E-state index contributed by atoms with van der Waals surface area (Å²) in [6.07, 6.45) is 3.30. The number of aromatic hydroxyl groups is 1. The molecule has 2 amide bonds. The normalized spacial score (nSPS) is 25.5. The number of hydrazine groups is 1. The van der Waals surface area contributed by atoms with Crippen molar-refractivity contribution in [1.82, 2.24) is 10.4 Å². The molecule has 5 heteroatoms. The highest BCUT2D eigenvalue weighted by molar-refractivity contribution is 6.07. The molecule has 3 aliphatic carbocycles. The van der Waals surface area contributed by atoms with Crippen molar-refractivity contribution >= 4 is 17.9 Å². The van der Waals surface area contributed by atoms with Crippen LogP contribution in [-0.2, 0) is 9.59 Å². The SMILES string of the molecule is O=C1[C@@H]2C3c4ccccc4C(c4ccccc43)[C@H]2C(=O)N1N/C=C/c1cccc(O)c1. The van der Waals surface area contributed by atoms with Crippen LogP contribution in [0.5, 0.6) is 5.75 Å². The van der Waals surface area contributed by atoms with Crippen molar-refractivity contribution in [3.8, 4) is 5.75 Å². The van der Waals surface area contributed by atoms with Crippen LogP contribution in [-0.4, -0.2) is 21.9 Å². The van der Waals surface area contributed by atoms with Gasteiger partial charge in [0.2, 0.25) is 0 Å². The molecule has 2 bridgehead atoms. The molecule has 3 aromatic rings. The van der Waals surface area contributed by atoms with E-state index in [-0.39, 0.29) is 29.4 Å². The van der Waals surface area contributed by atoms with E-state index in [1.165, 1.54) is 5.01 Å². The molecule has 152 valence electrons. The Labute approximate surface area is 179 Å². The van der Waals surface area contributed by atoms with E-state index >= 15 is 0 Å². The van der Waals surface area contributed by atoms with Gasteiger partial charge < -0.3 is 5.11 Å². The number of imide groups is 1. The second kappa shape index (κ2) is 6.57. The molecule has 0 radical (unpaired) electrons. The lowest BCUT2D eigenvalue weighted by Crippen LogP contribution is -2.41. The zero-order valence-corrected chi connectivity index (χ0v) is 16.6. The Kier molecular flexibility index (Phi) is 3.81. The third-order valence-corrected chi connectivity index (χ3v) is 6.80. The highest BCUT2D eigenvalue weighted by atomic mass is 16.3. The molecule has 2 N–H and O–H groups in total. The van der Waals surface area contributed by atoms with Crippen LogP contribution >= 0.6 is 0 Å². The van der Waals surface area contributed by atoms with E-state index in [1.54, 1.807) is 30.5 Å². The number of benzene rings is 3. The number of hydrogen-bond acceptors (Lipinski definition) is 4. The number of rotatable bonds is 3. The first-order chi connectivity index (χ1) is 15.1. The van der Waals surface area contributed by atoms with Crippen LogP contribution in [0, 0.1) is 11.8 Å². The minimum Gasteiger partial charge on any atom is -0.508 e. The topological polar surface area (TPSA) is 69.6 Å². The summed E-state index contributed by atoms with van der Waals surface area (Å²) < 4.78 is 0. The van der Waals surface area contributed by atoms with E-state index in [9.17, 15) is 14.7 Å². The Hall–Kier alpha value is -3.86. The number of carbonyl (C=O) groups is 2. The molecule has 2 atom stereocenters. The first-order valence-corrected chi connectivity index (χ1v) is 10.4. The van der Waals surface area contributed by atoms with Crippen molar-refractivity contribution in [3.05, 3.63) is 107 Å². The van der Waals surface area contributed by atoms with Crippen molar-refractivity contribution in [2.24, 2.45) is 11.8 Å². The fourth-order valence-corrected chi connectivity index (χ4v) is 5.64. The number of phenols is 1. The smallest absolute Gasteiger partial charge is 0.253 e. The molecule has 1 aliphatic heterocycles. The van der Waals surface area contributed by atoms with Gasteiger partial charge >= 0.3 is 0 Å². The van der Waals surface area contributed by atoms with Crippen molar-refractivity contribution < 1.29 is 14.7 Å². The van der Waals surface area contributed by atoms with Crippen molar-refractivity contribution in [1.29, 1.82) is 0 Å². The third kappa shape index (κ3) is 2.49. The summed E-state index contributed by atoms with van der Waals surface area (Å²) in [5.41, 5.74) is 8.30. The van der Waals surface area contributed by atoms with Gasteiger partial charge in [-0.05, 0) is 46.0 Å². The maximum Gasteiger partial charge on any atom is 0.253 e. The minimum absolute atomic E-state index is 0.110. The van der Waals surface area contributed by atoms with E-state index in [4.69, 9.17) is 0 Å². The van der Waals surface area contributed by atoms with Gasteiger partial charge in [-0.3, -0.25) is 15.0 Å². The molecule has 0 spiro atoms. The van der Waals surface area contributed by atoms with E-state index in [2.05, 4.69) is 29.7 Å². The molecule has 0 unspecified atom stereocenters. The Morgan fingerprint density at radius 3 is 1.74 bits per heavy atom. The molecule has 1 saturated heterocycles. The largest absolute Gasteiger partial charge is 0.508 e. The van der Waals surface area contributed by atoms with Crippen molar-refractivity contribution in [2.75, 3.05) is 0 Å². The predicted octanol–water partition coefficient (Wildman–Crippen LogP) is 3.76. The Balaban J connectivity index is 1.37. The fraction of sp³-hybridized carbons (Fsp3) is 0.154. The van der Waals surface area contributed by atoms with Gasteiger partial charge in [0, 0.05) is 18.0 Å². The Morgan fingerprint density at radius 2 is 1.26 bits per heavy atom. The van der Waals surface area contributed by atoms with Gasteiger partial charge in [-0.15, -0.1) is 0 Å². The number of phenolic OH excluding ortho intramolecular Hbond substituents is 1. The molecule has 3 aromatic carbocycles. The molecule has 7 rings (SSSR count). The molecule has 5 nitrogen and oxygen atoms in total. The Bertz CT molecular complexity index is 1150. The highest BCUT2D eigenvalue weighted by Crippen LogP contribution is 2.60. The molecule has 1 heterocycles. The second-order valence-electron chi connectivity index (χ2n) is 8.33. The second-order valence-corrected chi connectivity index (χ2v) is 8.33. The van der Waals surface area contributed by atoms with Gasteiger partial charge in [0.1, 0.15) is 5.75 Å². The van der Waals surface area contributed by atoms with Crippen molar-refractivity contribution in [2.45, 2.75) is 11.8 Å². The molecule has 4 aliphatic rings. The summed E-state index contributed by atoms with van der Waals surface area (Å²) in [5.74, 6) is -1.23. The zero-order chi connectivity index (χ0) is 21.1. The molecule has 31 heavy (non-hydrogen) atoms. The van der Waals surface area contributed by atoms with Crippen LogP contribution in [0.3, 0.4) is 0 Å². The summed E-state index contributed by atoms with van der Waals surface area (Å²) in [6.45, 7) is 0. The summed E-state index contributed by atoms with van der Waals surface area (Å²) in [7, 11) is 0. The molecule has 0 aromatic heterocycles. The lowest BCUT2D eigenvalue weighted by molar-refractivity contribution is -0.142. The quantitative estimate of drug-likeness (QED) is 0.648. The standard InChI is InChI=1S/C26H20N2O3/c29-16-7-5-6-15(14-16)12-13-27-28-25(30)23-21-17-8-1-2-9-18(17)22(24(23)26(28)31)20-11-4-3-10-19(20)21/h1-14,21-24,27,29H/b13-12+/t21?,22?,23-,24-/m1/s1. The van der Waals surface area contributed by atoms with E-state index in [0.717, 1.165) is 27.8 Å². The van der Waals surface area contributed by atoms with E-state index in [1.807, 2.05) is 30.3 Å². The monoisotopic (exact) mass is 408 g/mol. The maximum atomic E-state index is 13.4. The summed E-state index contributed by atoms with van der Waals surface area (Å²) >= 11 is 0. The van der Waals surface area contributed by atoms with Gasteiger partial charge in [-0.2, -0.15) is 5.01 Å². The molecule has 1 fully saturated rings. The molecular weight excluding hydrogens is 388 g/mol. The minimum atomic E-state index is -0.399. The van der Waals surface area contributed by atoms with Gasteiger partial charge in [-0.1, -0.05) is 60.7 Å². The maximum absolute atomic E-state index is 13.4. The van der Waals surface area contributed by atoms with Crippen LogP contribution in [0.25, 0.3) is 6.08 Å². The first kappa shape index (κ1) is 18.0. The lowest BCUT2D eigenvalue weighted by Gasteiger charge is -2.45. The van der Waals surface area contributed by atoms with E-state index in [0.29, 0.717) is 0 Å². The van der Waals surface area contributed by atoms with Crippen LogP contribution in [0.1, 0.15) is 39.7 Å². The van der Waals surface area contributed by atoms with E-state index < -0.39 is 11.8 Å². The van der Waals surface area contributed by atoms with Gasteiger partial charge in [0.25, 0.3) is 11.8 Å². The average Bonchev–Trinajstić information content (AvgIpc) is 3.05. The average molecular weight is 408 g/mol. The number of hydrogen-bond donors (Lipinski definition) is 2. The molecule has 0 saturated carbocycles. The molecular formula is C26H20N2O3. The van der Waals surface area contributed by atoms with Crippen molar-refractivity contribution in [3.63, 3.8) is 0 Å². The third-order valence-electron chi connectivity index (χ3n) is 6.80. The van der Waals surface area contributed by atoms with Crippen LogP contribution < -0.4 is 5.43 Å². The number of nitrogens with zero attached hydrogens (tertiary/aromatic N) is 1. The predicted molar refractivity (Wildman–Crippen MR) is 116 cm³/mol. The van der Waals surface area contributed by atoms with Gasteiger partial charge in [-0.25, -0.2) is 0 Å². The number of amides is 2. The van der Waals surface area contributed by atoms with Crippen LogP contribution in [0.4, 0.5) is 0 Å². The lowest BCUT2D eigenvalue weighted by atomic mass is 9.55. The van der Waals surface area contributed by atoms with Crippen LogP contribution in [0.15, 0.2) is 79.0 Å². The fourth-order valence-electron chi connectivity index (χ4n) is 5.64. The Morgan fingerprint density at radius 1 is 0.742 bits per heavy atom. The highest BCUT2D eigenvalue weighted by Gasteiger charge is 2.61. The first-order valence-electron chi connectivity index (χ1n) is 10.4. The zero-order valence-electron chi connectivity index (χ0n) is 16.6. The number of nitrogens with one attached hydrogen (secondary N) is 1. The summed E-state index contributed by atoms with van der Waals surface area (Å²) in [4.78, 5) is 26.8.